The predicted molar refractivity (Wildman–Crippen MR) is 103 cm³/mol. The Labute approximate surface area is 171 Å². The van der Waals surface area contributed by atoms with Gasteiger partial charge < -0.3 is 10.6 Å². The summed E-state index contributed by atoms with van der Waals surface area (Å²) in [6.07, 6.45) is 1.60. The first-order valence-electron chi connectivity index (χ1n) is 9.15. The van der Waals surface area contributed by atoms with Crippen LogP contribution in [0.15, 0.2) is 34.9 Å². The fourth-order valence-corrected chi connectivity index (χ4v) is 4.14. The number of piperazine rings is 1. The quantitative estimate of drug-likeness (QED) is 0.742. The van der Waals surface area contributed by atoms with E-state index in [0.717, 1.165) is 5.01 Å². The van der Waals surface area contributed by atoms with Gasteiger partial charge in [0.2, 0.25) is 5.91 Å². The molecular formula is C19H19ClFN5O3. The highest BCUT2D eigenvalue weighted by atomic mass is 35.5. The van der Waals surface area contributed by atoms with Crippen molar-refractivity contribution in [2.24, 2.45) is 5.10 Å². The van der Waals surface area contributed by atoms with Crippen molar-refractivity contribution >= 4 is 35.0 Å². The summed E-state index contributed by atoms with van der Waals surface area (Å²) in [5.41, 5.74) is 1.03. The third-order valence-electron chi connectivity index (χ3n) is 5.35. The summed E-state index contributed by atoms with van der Waals surface area (Å²) in [4.78, 5) is 39.9. The van der Waals surface area contributed by atoms with Crippen LogP contribution in [0.5, 0.6) is 0 Å². The minimum atomic E-state index is -0.693. The number of carbonyl (C=O) groups is 3. The van der Waals surface area contributed by atoms with E-state index >= 15 is 0 Å². The minimum Gasteiger partial charge on any atom is -0.354 e. The first-order chi connectivity index (χ1) is 13.8. The molecule has 0 aromatic heterocycles. The Balaban J connectivity index is 1.74. The van der Waals surface area contributed by atoms with Gasteiger partial charge in [-0.05, 0) is 30.7 Å². The summed E-state index contributed by atoms with van der Waals surface area (Å²) in [5, 5.41) is 10.8. The predicted octanol–water partition coefficient (Wildman–Crippen LogP) is 0.421. The van der Waals surface area contributed by atoms with Crippen LogP contribution in [-0.4, -0.2) is 65.1 Å². The normalized spacial score (nSPS) is 26.3. The lowest BCUT2D eigenvalue weighted by molar-refractivity contribution is -0.131. The zero-order chi connectivity index (χ0) is 20.9. The molecule has 2 N–H and O–H groups in total. The topological polar surface area (TPSA) is 94.1 Å². The molecule has 3 atom stereocenters. The van der Waals surface area contributed by atoms with Crippen molar-refractivity contribution in [3.05, 3.63) is 46.3 Å². The zero-order valence-electron chi connectivity index (χ0n) is 15.8. The average Bonchev–Trinajstić information content (AvgIpc) is 3.11. The number of nitrogens with zero attached hydrogens (tertiary/aromatic N) is 3. The van der Waals surface area contributed by atoms with Gasteiger partial charge >= 0.3 is 0 Å². The first kappa shape index (κ1) is 19.5. The molecule has 2 unspecified atom stereocenters. The number of rotatable bonds is 3. The van der Waals surface area contributed by atoms with Crippen molar-refractivity contribution in [2.75, 3.05) is 13.6 Å². The van der Waals surface area contributed by atoms with E-state index in [0.29, 0.717) is 17.7 Å². The van der Waals surface area contributed by atoms with E-state index in [1.807, 2.05) is 11.8 Å². The maximum atomic E-state index is 13.4. The van der Waals surface area contributed by atoms with Crippen LogP contribution >= 0.6 is 11.6 Å². The van der Waals surface area contributed by atoms with E-state index in [9.17, 15) is 18.8 Å². The number of halogens is 2. The van der Waals surface area contributed by atoms with Crippen LogP contribution < -0.4 is 10.6 Å². The van der Waals surface area contributed by atoms with Crippen molar-refractivity contribution in [2.45, 2.75) is 31.6 Å². The fraction of sp³-hybridized carbons (Fsp3) is 0.368. The summed E-state index contributed by atoms with van der Waals surface area (Å²) < 4.78 is 13.4. The number of hydrazone groups is 1. The smallest absolute Gasteiger partial charge is 0.271 e. The van der Waals surface area contributed by atoms with Crippen molar-refractivity contribution in [1.29, 1.82) is 0 Å². The van der Waals surface area contributed by atoms with E-state index in [-0.39, 0.29) is 29.2 Å². The zero-order valence-corrected chi connectivity index (χ0v) is 16.5. The summed E-state index contributed by atoms with van der Waals surface area (Å²) in [6.45, 7) is 2.35. The van der Waals surface area contributed by atoms with Gasteiger partial charge in [-0.1, -0.05) is 17.7 Å². The van der Waals surface area contributed by atoms with Crippen LogP contribution in [0.1, 0.15) is 12.5 Å². The molecule has 8 nitrogen and oxygen atoms in total. The van der Waals surface area contributed by atoms with Crippen LogP contribution in [-0.2, 0) is 20.9 Å². The molecule has 0 bridgehead atoms. The van der Waals surface area contributed by atoms with E-state index in [2.05, 4.69) is 15.7 Å². The molecule has 3 aliphatic heterocycles. The minimum absolute atomic E-state index is 0.00973. The number of benzene rings is 1. The van der Waals surface area contributed by atoms with Gasteiger partial charge in [-0.3, -0.25) is 19.3 Å². The molecule has 1 saturated heterocycles. The molecule has 0 spiro atoms. The SMILES string of the molecule is CNC(=O)C1=NN(Cc2ccc(F)c(Cl)c2)C(=O)C2=CC3C(=O)NC[C@@H](C)N3C21. The Hall–Kier alpha value is -2.78. The molecular weight excluding hydrogens is 401 g/mol. The molecule has 0 aliphatic carbocycles. The second-order valence-electron chi connectivity index (χ2n) is 7.19. The number of fused-ring (bicyclic) bond motifs is 3. The highest BCUT2D eigenvalue weighted by molar-refractivity contribution is 6.43. The average molecular weight is 420 g/mol. The maximum absolute atomic E-state index is 13.4. The molecule has 0 radical (unpaired) electrons. The Bertz CT molecular complexity index is 979. The van der Waals surface area contributed by atoms with Crippen molar-refractivity contribution < 1.29 is 18.8 Å². The van der Waals surface area contributed by atoms with Gasteiger partial charge in [0.15, 0.2) is 0 Å². The van der Waals surface area contributed by atoms with Gasteiger partial charge in [0.25, 0.3) is 11.8 Å². The van der Waals surface area contributed by atoms with Crippen molar-refractivity contribution in [3.8, 4) is 0 Å². The lowest BCUT2D eigenvalue weighted by atomic mass is 9.98. The number of amides is 3. The van der Waals surface area contributed by atoms with Crippen LogP contribution in [0.3, 0.4) is 0 Å². The molecule has 1 fully saturated rings. The van der Waals surface area contributed by atoms with Crippen LogP contribution in [0.2, 0.25) is 5.02 Å². The second-order valence-corrected chi connectivity index (χ2v) is 7.59. The molecule has 152 valence electrons. The largest absolute Gasteiger partial charge is 0.354 e. The monoisotopic (exact) mass is 419 g/mol. The number of nitrogens with one attached hydrogen (secondary N) is 2. The molecule has 0 saturated carbocycles. The van der Waals surface area contributed by atoms with Gasteiger partial charge in [0.05, 0.1) is 17.6 Å². The van der Waals surface area contributed by atoms with E-state index in [1.165, 1.54) is 25.2 Å². The highest BCUT2D eigenvalue weighted by Gasteiger charge is 2.51. The molecule has 29 heavy (non-hydrogen) atoms. The van der Waals surface area contributed by atoms with E-state index in [4.69, 9.17) is 11.6 Å². The third-order valence-corrected chi connectivity index (χ3v) is 5.64. The Morgan fingerprint density at radius 1 is 1.41 bits per heavy atom. The molecule has 3 heterocycles. The Morgan fingerprint density at radius 3 is 2.86 bits per heavy atom. The number of hydrogen-bond acceptors (Lipinski definition) is 5. The van der Waals surface area contributed by atoms with Gasteiger partial charge in [-0.2, -0.15) is 5.10 Å². The summed E-state index contributed by atoms with van der Waals surface area (Å²) in [6, 6.07) is 2.70. The fourth-order valence-electron chi connectivity index (χ4n) is 3.94. The molecule has 1 aromatic carbocycles. The van der Waals surface area contributed by atoms with E-state index in [1.54, 1.807) is 6.08 Å². The van der Waals surface area contributed by atoms with Crippen LogP contribution in [0, 0.1) is 5.82 Å². The van der Waals surface area contributed by atoms with Gasteiger partial charge in [-0.25, -0.2) is 9.40 Å². The van der Waals surface area contributed by atoms with Crippen LogP contribution in [0.25, 0.3) is 0 Å². The lowest BCUT2D eigenvalue weighted by Gasteiger charge is -2.41. The van der Waals surface area contributed by atoms with Crippen molar-refractivity contribution in [3.63, 3.8) is 0 Å². The number of hydrogen-bond donors (Lipinski definition) is 2. The Kier molecular flexibility index (Phi) is 4.87. The lowest BCUT2D eigenvalue weighted by Crippen LogP contribution is -2.63. The van der Waals surface area contributed by atoms with Gasteiger partial charge in [0.1, 0.15) is 17.6 Å². The van der Waals surface area contributed by atoms with Crippen LogP contribution in [0.4, 0.5) is 4.39 Å². The Morgan fingerprint density at radius 2 is 2.17 bits per heavy atom. The van der Waals surface area contributed by atoms with Gasteiger partial charge in [-0.15, -0.1) is 0 Å². The standard InChI is InChI=1S/C19H19ClFN5O3/c1-9-7-23-17(27)14-6-11-16(26(9)14)15(18(28)22-2)24-25(19(11)29)8-10-3-4-13(21)12(20)5-10/h3-6,9,14,16H,7-8H2,1-2H3,(H,22,28)(H,23,27)/t9-,14?,16?/m1/s1. The second kappa shape index (κ2) is 7.23. The van der Waals surface area contributed by atoms with E-state index < -0.39 is 29.7 Å². The summed E-state index contributed by atoms with van der Waals surface area (Å²) in [5.74, 6) is -1.62. The highest BCUT2D eigenvalue weighted by Crippen LogP contribution is 2.34. The van der Waals surface area contributed by atoms with Crippen molar-refractivity contribution in [1.82, 2.24) is 20.5 Å². The van der Waals surface area contributed by atoms with Gasteiger partial charge in [0, 0.05) is 25.2 Å². The summed E-state index contributed by atoms with van der Waals surface area (Å²) >= 11 is 5.83. The summed E-state index contributed by atoms with van der Waals surface area (Å²) in [7, 11) is 1.48. The third kappa shape index (κ3) is 3.20. The first-order valence-corrected chi connectivity index (χ1v) is 9.53. The molecule has 1 aromatic rings. The maximum Gasteiger partial charge on any atom is 0.271 e. The number of carbonyl (C=O) groups excluding carboxylic acids is 3. The molecule has 10 heteroatoms. The molecule has 3 amide bonds. The molecule has 4 rings (SSSR count). The molecule has 3 aliphatic rings.